The number of ether oxygens (including phenoxy) is 1. The number of aromatic nitrogens is 10. The van der Waals surface area contributed by atoms with Gasteiger partial charge in [-0.3, -0.25) is 42.1 Å². The summed E-state index contributed by atoms with van der Waals surface area (Å²) in [6.07, 6.45) is 16.0. The van der Waals surface area contributed by atoms with Gasteiger partial charge in [-0.2, -0.15) is 15.3 Å². The maximum absolute atomic E-state index is 13.0. The molecule has 0 spiro atoms. The minimum Gasteiger partial charge on any atom is -0.406 e. The molecule has 0 bridgehead atoms. The molecule has 13 aromatic rings. The lowest BCUT2D eigenvalue weighted by atomic mass is 10.1. The highest BCUT2D eigenvalue weighted by Crippen LogP contribution is 2.29. The van der Waals surface area contributed by atoms with Crippen LogP contribution in [0.2, 0.25) is 0 Å². The molecular weight excluding hydrogens is 1230 g/mol. The molecule has 10 heterocycles. The minimum atomic E-state index is -4.74. The summed E-state index contributed by atoms with van der Waals surface area (Å²) >= 11 is 0. The van der Waals surface area contributed by atoms with Crippen LogP contribution < -0.4 is 21.4 Å². The number of aryl methyl sites for hydroxylation is 2. The van der Waals surface area contributed by atoms with Crippen LogP contribution in [0.3, 0.4) is 0 Å². The van der Waals surface area contributed by atoms with Gasteiger partial charge in [-0.25, -0.2) is 0 Å². The fraction of sp³-hybridized carbons (Fsp3) is 0.273. The molecule has 0 unspecified atom stereocenters. The van der Waals surface area contributed by atoms with Crippen LogP contribution in [-0.4, -0.2) is 128 Å². The quantitative estimate of drug-likeness (QED) is 0.0917. The fourth-order valence-corrected chi connectivity index (χ4v) is 13.6. The summed E-state index contributed by atoms with van der Waals surface area (Å²) in [6, 6.07) is 50.8. The maximum atomic E-state index is 13.0. The first kappa shape index (κ1) is 64.0. The Morgan fingerprint density at radius 1 is 0.371 bits per heavy atom. The van der Waals surface area contributed by atoms with E-state index >= 15 is 0 Å². The standard InChI is InChI=1S/C27H27N5O.C25H23F3N4O2.C25H26N4O/c1-29-12-8-22-16-20(4-6-25(22)29)21-9-13-31(27(33)18-21)24-5-7-26-23(17-24)19-28-32(26)15-14-30-10-2-3-11-30;26-25(27,28)34-22-6-3-18(4-7-22)19-9-12-31(24(33)16-19)21-5-8-23-20(15-21)17-29-32(23)14-13-30-10-1-2-11-30;1-19-4-6-20(7-5-19)21-10-13-28(25(30)17-21)23-8-9-24-22(16-23)18-26-29(24)15-14-27-11-2-3-12-27/h4-9,12-13,16-19H,2-3,10-11,14-15H2,1H3;3-9,12,15-17H,1-2,10-11,13-14H2;4-10,13,16-18H,2-3,11-12,14-15H2,1H3. The molecule has 3 aliphatic heterocycles. The molecule has 0 atom stereocenters. The summed E-state index contributed by atoms with van der Waals surface area (Å²) in [4.78, 5) is 46.1. The normalized spacial score (nSPS) is 14.6. The number of benzene rings is 6. The van der Waals surface area contributed by atoms with Crippen LogP contribution in [0, 0.1) is 6.92 Å². The van der Waals surface area contributed by atoms with Crippen molar-refractivity contribution in [2.24, 2.45) is 7.05 Å². The molecule has 97 heavy (non-hydrogen) atoms. The highest BCUT2D eigenvalue weighted by atomic mass is 19.4. The Morgan fingerprint density at radius 3 is 1.10 bits per heavy atom. The van der Waals surface area contributed by atoms with Gasteiger partial charge in [0.25, 0.3) is 16.7 Å². The minimum absolute atomic E-state index is 0.0335. The van der Waals surface area contributed by atoms with Crippen molar-refractivity contribution >= 4 is 43.6 Å². The molecule has 3 aliphatic rings. The van der Waals surface area contributed by atoms with E-state index in [4.69, 9.17) is 0 Å². The third-order valence-electron chi connectivity index (χ3n) is 19.0. The summed E-state index contributed by atoms with van der Waals surface area (Å²) in [5.74, 6) is -0.307. The Hall–Kier alpha value is -10.4. The van der Waals surface area contributed by atoms with E-state index in [1.807, 2.05) is 97.3 Å². The number of nitrogens with zero attached hydrogens (tertiary/aromatic N) is 13. The third kappa shape index (κ3) is 14.7. The largest absolute Gasteiger partial charge is 0.573 e. The zero-order chi connectivity index (χ0) is 66.6. The average molecular weight is 1300 g/mol. The van der Waals surface area contributed by atoms with Crippen molar-refractivity contribution < 1.29 is 17.9 Å². The van der Waals surface area contributed by atoms with Crippen molar-refractivity contribution in [1.29, 1.82) is 0 Å². The van der Waals surface area contributed by atoms with E-state index in [0.717, 1.165) is 124 Å². The van der Waals surface area contributed by atoms with Gasteiger partial charge in [0.1, 0.15) is 5.75 Å². The Balaban J connectivity index is 0.000000125. The monoisotopic (exact) mass is 1300 g/mol. The summed E-state index contributed by atoms with van der Waals surface area (Å²) in [7, 11) is 2.04. The Kier molecular flexibility index (Phi) is 18.5. The van der Waals surface area contributed by atoms with Crippen LogP contribution >= 0.6 is 0 Å². The van der Waals surface area contributed by atoms with Crippen molar-refractivity contribution in [2.75, 3.05) is 58.9 Å². The van der Waals surface area contributed by atoms with Gasteiger partial charge in [-0.1, -0.05) is 48.0 Å². The predicted molar refractivity (Wildman–Crippen MR) is 377 cm³/mol. The first-order chi connectivity index (χ1) is 47.2. The summed E-state index contributed by atoms with van der Waals surface area (Å²) in [5, 5.41) is 17.9. The van der Waals surface area contributed by atoms with E-state index in [2.05, 4.69) is 122 Å². The van der Waals surface area contributed by atoms with Gasteiger partial charge in [0.2, 0.25) is 0 Å². The molecule has 0 saturated carbocycles. The summed E-state index contributed by atoms with van der Waals surface area (Å²) in [6.45, 7) is 14.8. The molecule has 0 aliphatic carbocycles. The van der Waals surface area contributed by atoms with E-state index in [1.54, 1.807) is 33.5 Å². The molecule has 7 aromatic heterocycles. The van der Waals surface area contributed by atoms with Crippen molar-refractivity contribution in [1.82, 2.24) is 62.3 Å². The maximum Gasteiger partial charge on any atom is 0.573 e. The smallest absolute Gasteiger partial charge is 0.406 e. The highest BCUT2D eigenvalue weighted by Gasteiger charge is 2.31. The topological polar surface area (TPSA) is 143 Å². The van der Waals surface area contributed by atoms with Gasteiger partial charge in [-0.15, -0.1) is 13.2 Å². The van der Waals surface area contributed by atoms with Gasteiger partial charge < -0.3 is 24.0 Å². The second-order valence-corrected chi connectivity index (χ2v) is 25.5. The Bertz CT molecular complexity index is 5120. The predicted octanol–water partition coefficient (Wildman–Crippen LogP) is 13.5. The van der Waals surface area contributed by atoms with Crippen LogP contribution in [-0.2, 0) is 26.7 Å². The second kappa shape index (κ2) is 28.1. The second-order valence-electron chi connectivity index (χ2n) is 25.5. The average Bonchev–Trinajstić information content (AvgIpc) is 1.55. The zero-order valence-corrected chi connectivity index (χ0v) is 54.4. The summed E-state index contributed by atoms with van der Waals surface area (Å²) in [5.41, 5.74) is 13.0. The number of rotatable bonds is 16. The van der Waals surface area contributed by atoms with Crippen LogP contribution in [0.25, 0.3) is 94.1 Å². The summed E-state index contributed by atoms with van der Waals surface area (Å²) < 4.78 is 54.1. The molecule has 494 valence electrons. The van der Waals surface area contributed by atoms with Gasteiger partial charge >= 0.3 is 6.36 Å². The number of halogens is 3. The van der Waals surface area contributed by atoms with E-state index < -0.39 is 6.36 Å². The number of hydrogen-bond donors (Lipinski definition) is 0. The molecule has 3 saturated heterocycles. The van der Waals surface area contributed by atoms with Crippen molar-refractivity contribution in [3.8, 4) is 56.2 Å². The molecule has 0 amide bonds. The van der Waals surface area contributed by atoms with Crippen LogP contribution in [0.1, 0.15) is 44.1 Å². The number of alkyl halides is 3. The Labute approximate surface area is 558 Å². The van der Waals surface area contributed by atoms with Crippen LogP contribution in [0.15, 0.2) is 222 Å². The highest BCUT2D eigenvalue weighted by molar-refractivity contribution is 5.86. The van der Waals surface area contributed by atoms with Gasteiger partial charge in [0.15, 0.2) is 0 Å². The number of likely N-dealkylation sites (tertiary alicyclic amines) is 3. The lowest BCUT2D eigenvalue weighted by Crippen LogP contribution is -2.24. The van der Waals surface area contributed by atoms with E-state index in [9.17, 15) is 27.6 Å². The molecule has 3 fully saturated rings. The van der Waals surface area contributed by atoms with E-state index in [1.165, 1.54) is 116 Å². The zero-order valence-electron chi connectivity index (χ0n) is 54.4. The molecule has 6 aromatic carbocycles. The molecule has 0 radical (unpaired) electrons. The third-order valence-corrected chi connectivity index (χ3v) is 19.0. The molecular formula is C77H76F3N13O4. The van der Waals surface area contributed by atoms with E-state index in [0.29, 0.717) is 11.1 Å². The lowest BCUT2D eigenvalue weighted by molar-refractivity contribution is -0.274. The first-order valence-corrected chi connectivity index (χ1v) is 33.4. The SMILES string of the molecule is Cc1ccc(-c2ccn(-c3ccc4c(cnn4CCN4CCCC4)c3)c(=O)c2)cc1.Cn1ccc2cc(-c3ccn(-c4ccc5c(cnn5CCN5CCCC5)c4)c(=O)c3)ccc21.O=c1cc(-c2ccc(OC(F)(F)F)cc2)ccn1-c1ccc2c(cnn2CCN2CCCC2)c1. The van der Waals surface area contributed by atoms with E-state index in [-0.39, 0.29) is 22.4 Å². The number of fused-ring (bicyclic) bond motifs is 4. The molecule has 16 rings (SSSR count). The van der Waals surface area contributed by atoms with Gasteiger partial charge in [0.05, 0.1) is 54.8 Å². The van der Waals surface area contributed by atoms with Gasteiger partial charge in [-0.05, 0) is 221 Å². The molecule has 0 N–H and O–H groups in total. The van der Waals surface area contributed by atoms with Crippen molar-refractivity contribution in [3.05, 3.63) is 244 Å². The number of hydrogen-bond acceptors (Lipinski definition) is 10. The van der Waals surface area contributed by atoms with Crippen LogP contribution in [0.5, 0.6) is 5.75 Å². The Morgan fingerprint density at radius 2 is 0.722 bits per heavy atom. The van der Waals surface area contributed by atoms with Crippen molar-refractivity contribution in [2.45, 2.75) is 71.4 Å². The van der Waals surface area contributed by atoms with Crippen LogP contribution in [0.4, 0.5) is 13.2 Å². The molecule has 20 heteroatoms. The lowest BCUT2D eigenvalue weighted by Gasteiger charge is -2.14. The fourth-order valence-electron chi connectivity index (χ4n) is 13.6. The van der Waals surface area contributed by atoms with Gasteiger partial charge in [0, 0.05) is 114 Å². The van der Waals surface area contributed by atoms with Crippen molar-refractivity contribution in [3.63, 3.8) is 0 Å². The molecule has 17 nitrogen and oxygen atoms in total. The first-order valence-electron chi connectivity index (χ1n) is 33.4. The number of pyridine rings is 3.